The van der Waals surface area contributed by atoms with E-state index in [1.54, 1.807) is 6.33 Å². The maximum Gasteiger partial charge on any atom is 0.231 e. The van der Waals surface area contributed by atoms with Crippen molar-refractivity contribution in [3.63, 3.8) is 0 Å². The van der Waals surface area contributed by atoms with E-state index >= 15 is 0 Å². The highest BCUT2D eigenvalue weighted by atomic mass is 16.7. The van der Waals surface area contributed by atoms with Crippen molar-refractivity contribution < 1.29 is 14.3 Å². The third kappa shape index (κ3) is 4.10. The van der Waals surface area contributed by atoms with E-state index in [0.717, 1.165) is 47.5 Å². The molecule has 0 spiro atoms. The monoisotopic (exact) mass is 415 g/mol. The van der Waals surface area contributed by atoms with Gasteiger partial charge in [0.15, 0.2) is 11.5 Å². The Hall–Kier alpha value is -3.41. The summed E-state index contributed by atoms with van der Waals surface area (Å²) in [5.41, 5.74) is 5.36. The van der Waals surface area contributed by atoms with E-state index in [0.29, 0.717) is 18.7 Å². The second-order valence-corrected chi connectivity index (χ2v) is 8.23. The normalized spacial score (nSPS) is 17.6. The van der Waals surface area contributed by atoms with E-state index in [9.17, 15) is 4.79 Å². The smallest absolute Gasteiger partial charge is 0.231 e. The maximum atomic E-state index is 13.1. The van der Waals surface area contributed by atoms with Crippen LogP contribution in [0.3, 0.4) is 0 Å². The zero-order valence-electron chi connectivity index (χ0n) is 17.6. The predicted octanol–water partition coefficient (Wildman–Crippen LogP) is 4.13. The lowest BCUT2D eigenvalue weighted by molar-refractivity contribution is -0.131. The van der Waals surface area contributed by atoms with Crippen LogP contribution in [0, 0.1) is 6.92 Å². The van der Waals surface area contributed by atoms with Gasteiger partial charge in [0.2, 0.25) is 12.7 Å². The molecule has 2 aliphatic heterocycles. The second kappa shape index (κ2) is 8.38. The van der Waals surface area contributed by atoms with E-state index in [1.807, 2.05) is 29.3 Å². The van der Waals surface area contributed by atoms with Crippen molar-refractivity contribution in [3.05, 3.63) is 71.8 Å². The number of benzene rings is 2. The first-order valence-electron chi connectivity index (χ1n) is 10.7. The molecule has 0 bridgehead atoms. The summed E-state index contributed by atoms with van der Waals surface area (Å²) < 4.78 is 10.8. The predicted molar refractivity (Wildman–Crippen MR) is 117 cm³/mol. The number of carbonyl (C=O) groups is 1. The lowest BCUT2D eigenvalue weighted by atomic mass is 9.89. The largest absolute Gasteiger partial charge is 0.454 e. The average molecular weight is 415 g/mol. The van der Waals surface area contributed by atoms with Crippen molar-refractivity contribution >= 4 is 5.91 Å². The summed E-state index contributed by atoms with van der Waals surface area (Å²) in [7, 11) is 0. The Balaban J connectivity index is 1.33. The molecule has 1 amide bonds. The number of fused-ring (bicyclic) bond motifs is 1. The van der Waals surface area contributed by atoms with Crippen LogP contribution in [0.4, 0.5) is 0 Å². The molecule has 0 N–H and O–H groups in total. The molecule has 31 heavy (non-hydrogen) atoms. The van der Waals surface area contributed by atoms with Crippen LogP contribution in [0.15, 0.2) is 55.0 Å². The Morgan fingerprint density at radius 1 is 1.13 bits per heavy atom. The highest BCUT2D eigenvalue weighted by Gasteiger charge is 2.28. The molecule has 6 heteroatoms. The Morgan fingerprint density at radius 3 is 2.84 bits per heavy atom. The number of amides is 1. The van der Waals surface area contributed by atoms with Crippen molar-refractivity contribution in [2.75, 3.05) is 19.9 Å². The minimum Gasteiger partial charge on any atom is -0.454 e. The molecular weight excluding hydrogens is 390 g/mol. The number of hydrogen-bond donors (Lipinski definition) is 0. The van der Waals surface area contributed by atoms with Gasteiger partial charge in [0.1, 0.15) is 6.33 Å². The Kier molecular flexibility index (Phi) is 5.28. The fourth-order valence-electron chi connectivity index (χ4n) is 4.38. The molecule has 1 saturated heterocycles. The van der Waals surface area contributed by atoms with Crippen LogP contribution in [-0.2, 0) is 11.2 Å². The van der Waals surface area contributed by atoms with Crippen LogP contribution < -0.4 is 9.47 Å². The first-order chi connectivity index (χ1) is 15.2. The molecule has 1 aromatic heterocycles. The summed E-state index contributed by atoms with van der Waals surface area (Å²) in [6.07, 6.45) is 5.84. The minimum atomic E-state index is 0.134. The highest BCUT2D eigenvalue weighted by molar-refractivity contribution is 5.79. The van der Waals surface area contributed by atoms with Gasteiger partial charge in [-0.1, -0.05) is 35.9 Å². The van der Waals surface area contributed by atoms with Crippen molar-refractivity contribution in [2.24, 2.45) is 0 Å². The summed E-state index contributed by atoms with van der Waals surface area (Å²) in [5.74, 6) is 1.79. The van der Waals surface area contributed by atoms with Gasteiger partial charge >= 0.3 is 0 Å². The number of carbonyl (C=O) groups excluding carboxylic acids is 1. The molecule has 2 aliphatic rings. The molecule has 0 saturated carbocycles. The van der Waals surface area contributed by atoms with E-state index in [2.05, 4.69) is 41.2 Å². The molecule has 0 aliphatic carbocycles. The van der Waals surface area contributed by atoms with Crippen molar-refractivity contribution in [1.82, 2.24) is 14.9 Å². The van der Waals surface area contributed by atoms with Crippen LogP contribution in [0.2, 0.25) is 0 Å². The number of nitrogens with zero attached hydrogens (tertiary/aromatic N) is 3. The van der Waals surface area contributed by atoms with E-state index < -0.39 is 0 Å². The molecule has 2 aromatic carbocycles. The van der Waals surface area contributed by atoms with Crippen LogP contribution >= 0.6 is 0 Å². The fraction of sp³-hybridized carbons (Fsp3) is 0.320. The Bertz CT molecular complexity index is 1100. The number of likely N-dealkylation sites (tertiary alicyclic amines) is 1. The molecular formula is C25H25N3O3. The van der Waals surface area contributed by atoms with Gasteiger partial charge in [0.05, 0.1) is 12.1 Å². The fourth-order valence-corrected chi connectivity index (χ4v) is 4.38. The third-order valence-corrected chi connectivity index (χ3v) is 6.06. The summed E-state index contributed by atoms with van der Waals surface area (Å²) in [6.45, 7) is 3.78. The van der Waals surface area contributed by atoms with Crippen molar-refractivity contribution in [1.29, 1.82) is 0 Å². The Morgan fingerprint density at radius 2 is 1.97 bits per heavy atom. The van der Waals surface area contributed by atoms with Gasteiger partial charge in [0, 0.05) is 30.8 Å². The van der Waals surface area contributed by atoms with Gasteiger partial charge in [-0.05, 0) is 43.0 Å². The van der Waals surface area contributed by atoms with Crippen LogP contribution in [0.25, 0.3) is 11.1 Å². The SMILES string of the molecule is Cc1ccc(-c2cncnc2C2CCCN(C(=O)Cc3ccc4c(c3)OCO4)C2)cc1. The molecule has 1 fully saturated rings. The molecule has 3 heterocycles. The number of ether oxygens (including phenoxy) is 2. The summed E-state index contributed by atoms with van der Waals surface area (Å²) in [5, 5.41) is 0. The van der Waals surface area contributed by atoms with Crippen LogP contribution in [0.1, 0.15) is 35.6 Å². The van der Waals surface area contributed by atoms with E-state index in [4.69, 9.17) is 9.47 Å². The van der Waals surface area contributed by atoms with Crippen molar-refractivity contribution in [2.45, 2.75) is 32.1 Å². The first kappa shape index (κ1) is 19.5. The number of aromatic nitrogens is 2. The van der Waals surface area contributed by atoms with Gasteiger partial charge in [-0.25, -0.2) is 9.97 Å². The summed E-state index contributed by atoms with van der Waals surface area (Å²) >= 11 is 0. The minimum absolute atomic E-state index is 0.134. The zero-order chi connectivity index (χ0) is 21.2. The second-order valence-electron chi connectivity index (χ2n) is 8.23. The summed E-state index contributed by atoms with van der Waals surface area (Å²) in [4.78, 5) is 23.9. The third-order valence-electron chi connectivity index (χ3n) is 6.06. The van der Waals surface area contributed by atoms with E-state index in [-0.39, 0.29) is 18.6 Å². The molecule has 1 unspecified atom stereocenters. The van der Waals surface area contributed by atoms with Crippen molar-refractivity contribution in [3.8, 4) is 22.6 Å². The number of piperidine rings is 1. The van der Waals surface area contributed by atoms with Gasteiger partial charge in [-0.15, -0.1) is 0 Å². The standard InChI is InChI=1S/C25H25N3O3/c1-17-4-7-19(8-5-17)21-13-26-15-27-25(21)20-3-2-10-28(14-20)24(29)12-18-6-9-22-23(11-18)31-16-30-22/h4-9,11,13,15,20H,2-3,10,12,14,16H2,1H3. The van der Waals surface area contributed by atoms with E-state index in [1.165, 1.54) is 5.56 Å². The average Bonchev–Trinajstić information content (AvgIpc) is 3.28. The molecule has 6 nitrogen and oxygen atoms in total. The molecule has 3 aromatic rings. The van der Waals surface area contributed by atoms with Gasteiger partial charge in [-0.2, -0.15) is 0 Å². The number of hydrogen-bond acceptors (Lipinski definition) is 5. The zero-order valence-corrected chi connectivity index (χ0v) is 17.6. The number of rotatable bonds is 4. The summed E-state index contributed by atoms with van der Waals surface area (Å²) in [6, 6.07) is 14.2. The first-order valence-corrected chi connectivity index (χ1v) is 10.7. The number of aryl methyl sites for hydroxylation is 1. The highest BCUT2D eigenvalue weighted by Crippen LogP contribution is 2.34. The molecule has 1 atom stereocenters. The Labute approximate surface area is 181 Å². The quantitative estimate of drug-likeness (QED) is 0.641. The van der Waals surface area contributed by atoms with Gasteiger partial charge < -0.3 is 14.4 Å². The molecule has 0 radical (unpaired) electrons. The van der Waals surface area contributed by atoms with Gasteiger partial charge in [-0.3, -0.25) is 4.79 Å². The van der Waals surface area contributed by atoms with Gasteiger partial charge in [0.25, 0.3) is 0 Å². The van der Waals surface area contributed by atoms with Crippen LogP contribution in [-0.4, -0.2) is 40.7 Å². The molecule has 5 rings (SSSR count). The molecule has 158 valence electrons. The lowest BCUT2D eigenvalue weighted by Gasteiger charge is -2.33. The maximum absolute atomic E-state index is 13.1. The lowest BCUT2D eigenvalue weighted by Crippen LogP contribution is -2.40. The van der Waals surface area contributed by atoms with Crippen LogP contribution in [0.5, 0.6) is 11.5 Å². The topological polar surface area (TPSA) is 64.6 Å².